The molecule has 0 saturated carbocycles. The zero-order valence-corrected chi connectivity index (χ0v) is 7.53. The average Bonchev–Trinajstić information content (AvgIpc) is 2.45. The largest absolute Gasteiger partial charge is 0.396 e. The lowest BCUT2D eigenvalue weighted by Crippen LogP contribution is -1.87. The summed E-state index contributed by atoms with van der Waals surface area (Å²) in [5.41, 5.74) is 1.29. The summed E-state index contributed by atoms with van der Waals surface area (Å²) in [7, 11) is 1.93. The highest BCUT2D eigenvalue weighted by Crippen LogP contribution is 2.04. The summed E-state index contributed by atoms with van der Waals surface area (Å²) in [6.45, 7) is 0.313. The molecule has 0 amide bonds. The lowest BCUT2D eigenvalue weighted by atomic mass is 10.1. The molecule has 3 heteroatoms. The van der Waals surface area contributed by atoms with E-state index in [4.69, 9.17) is 5.11 Å². The van der Waals surface area contributed by atoms with Crippen LogP contribution in [0, 0.1) is 0 Å². The van der Waals surface area contributed by atoms with Gasteiger partial charge in [0.2, 0.25) is 0 Å². The number of aryl methyl sites for hydroxylation is 2. The van der Waals surface area contributed by atoms with Crippen molar-refractivity contribution in [2.45, 2.75) is 25.7 Å². The number of aliphatic hydroxyl groups excluding tert-OH is 1. The second-order valence-electron chi connectivity index (χ2n) is 3.06. The molecule has 0 aliphatic rings. The summed E-state index contributed by atoms with van der Waals surface area (Å²) in [4.78, 5) is 0. The van der Waals surface area contributed by atoms with Crippen molar-refractivity contribution >= 4 is 0 Å². The van der Waals surface area contributed by atoms with Crippen LogP contribution >= 0.6 is 0 Å². The van der Waals surface area contributed by atoms with Gasteiger partial charge in [0.05, 0.1) is 6.20 Å². The van der Waals surface area contributed by atoms with Crippen LogP contribution < -0.4 is 0 Å². The van der Waals surface area contributed by atoms with E-state index in [1.165, 1.54) is 5.56 Å². The first-order valence-electron chi connectivity index (χ1n) is 4.41. The fraction of sp³-hybridized carbons (Fsp3) is 0.667. The summed E-state index contributed by atoms with van der Waals surface area (Å²) in [6, 6.07) is 0. The Labute approximate surface area is 73.0 Å². The SMILES string of the molecule is Cn1cc(CCCCCO)cn1. The molecule has 3 nitrogen and oxygen atoms in total. The van der Waals surface area contributed by atoms with Gasteiger partial charge in [0.25, 0.3) is 0 Å². The molecule has 68 valence electrons. The molecule has 0 atom stereocenters. The van der Waals surface area contributed by atoms with Crippen LogP contribution in [0.15, 0.2) is 12.4 Å². The number of aliphatic hydroxyl groups is 1. The first-order chi connectivity index (χ1) is 5.83. The van der Waals surface area contributed by atoms with Crippen molar-refractivity contribution in [2.75, 3.05) is 6.61 Å². The summed E-state index contributed by atoms with van der Waals surface area (Å²) in [6.07, 6.45) is 8.18. The standard InChI is InChI=1S/C9H16N2O/c1-11-8-9(7-10-11)5-3-2-4-6-12/h7-8,12H,2-6H2,1H3. The predicted molar refractivity (Wildman–Crippen MR) is 47.8 cm³/mol. The minimum atomic E-state index is 0.313. The highest BCUT2D eigenvalue weighted by atomic mass is 16.2. The fourth-order valence-electron chi connectivity index (χ4n) is 1.22. The first-order valence-corrected chi connectivity index (χ1v) is 4.41. The van der Waals surface area contributed by atoms with Crippen molar-refractivity contribution in [3.05, 3.63) is 18.0 Å². The molecule has 1 heterocycles. The minimum Gasteiger partial charge on any atom is -0.396 e. The Hall–Kier alpha value is -0.830. The summed E-state index contributed by atoms with van der Waals surface area (Å²) < 4.78 is 1.82. The number of unbranched alkanes of at least 4 members (excludes halogenated alkanes) is 2. The summed E-state index contributed by atoms with van der Waals surface area (Å²) in [5, 5.41) is 12.6. The number of rotatable bonds is 5. The first kappa shape index (κ1) is 9.26. The lowest BCUT2D eigenvalue weighted by Gasteiger charge is -1.95. The maximum Gasteiger partial charge on any atom is 0.0521 e. The van der Waals surface area contributed by atoms with E-state index in [0.29, 0.717) is 6.61 Å². The molecule has 0 radical (unpaired) electrons. The Kier molecular flexibility index (Phi) is 3.80. The van der Waals surface area contributed by atoms with E-state index in [2.05, 4.69) is 5.10 Å². The average molecular weight is 168 g/mol. The molecule has 1 aromatic rings. The maximum absolute atomic E-state index is 8.55. The van der Waals surface area contributed by atoms with Crippen LogP contribution in [0.25, 0.3) is 0 Å². The van der Waals surface area contributed by atoms with Crippen molar-refractivity contribution in [3.63, 3.8) is 0 Å². The molecular weight excluding hydrogens is 152 g/mol. The van der Waals surface area contributed by atoms with Crippen LogP contribution in [-0.2, 0) is 13.5 Å². The number of aromatic nitrogens is 2. The quantitative estimate of drug-likeness (QED) is 0.669. The molecule has 0 aliphatic carbocycles. The van der Waals surface area contributed by atoms with Gasteiger partial charge in [-0.15, -0.1) is 0 Å². The predicted octanol–water partition coefficient (Wildman–Crippen LogP) is 1.13. The minimum absolute atomic E-state index is 0.313. The Morgan fingerprint density at radius 1 is 1.42 bits per heavy atom. The van der Waals surface area contributed by atoms with E-state index < -0.39 is 0 Å². The topological polar surface area (TPSA) is 38.0 Å². The molecule has 1 rings (SSSR count). The van der Waals surface area contributed by atoms with Crippen LogP contribution in [0.1, 0.15) is 24.8 Å². The van der Waals surface area contributed by atoms with Crippen molar-refractivity contribution < 1.29 is 5.11 Å². The zero-order chi connectivity index (χ0) is 8.81. The Balaban J connectivity index is 2.15. The van der Waals surface area contributed by atoms with Crippen molar-refractivity contribution in [3.8, 4) is 0 Å². The van der Waals surface area contributed by atoms with Gasteiger partial charge >= 0.3 is 0 Å². The molecule has 12 heavy (non-hydrogen) atoms. The highest BCUT2D eigenvalue weighted by molar-refractivity contribution is 5.03. The fourth-order valence-corrected chi connectivity index (χ4v) is 1.22. The van der Waals surface area contributed by atoms with Crippen LogP contribution in [0.4, 0.5) is 0 Å². The van der Waals surface area contributed by atoms with Crippen LogP contribution in [0.5, 0.6) is 0 Å². The van der Waals surface area contributed by atoms with E-state index in [1.54, 1.807) is 0 Å². The number of hydrogen-bond donors (Lipinski definition) is 1. The van der Waals surface area contributed by atoms with Gasteiger partial charge < -0.3 is 5.11 Å². The summed E-state index contributed by atoms with van der Waals surface area (Å²) in [5.74, 6) is 0. The van der Waals surface area contributed by atoms with Gasteiger partial charge in [0, 0.05) is 19.9 Å². The lowest BCUT2D eigenvalue weighted by molar-refractivity contribution is 0.283. The smallest absolute Gasteiger partial charge is 0.0521 e. The molecule has 1 aromatic heterocycles. The molecule has 0 unspecified atom stereocenters. The Morgan fingerprint density at radius 3 is 2.83 bits per heavy atom. The van der Waals surface area contributed by atoms with Crippen LogP contribution in [0.3, 0.4) is 0 Å². The van der Waals surface area contributed by atoms with Crippen LogP contribution in [-0.4, -0.2) is 21.5 Å². The van der Waals surface area contributed by atoms with Gasteiger partial charge in [-0.05, 0) is 24.8 Å². The van der Waals surface area contributed by atoms with Gasteiger partial charge in [-0.3, -0.25) is 4.68 Å². The molecular formula is C9H16N2O. The molecule has 0 bridgehead atoms. The van der Waals surface area contributed by atoms with Crippen molar-refractivity contribution in [1.82, 2.24) is 9.78 Å². The molecule has 0 spiro atoms. The Morgan fingerprint density at radius 2 is 2.25 bits per heavy atom. The third-order valence-electron chi connectivity index (χ3n) is 1.88. The molecule has 0 saturated heterocycles. The van der Waals surface area contributed by atoms with E-state index in [-0.39, 0.29) is 0 Å². The molecule has 0 aliphatic heterocycles. The molecule has 0 fully saturated rings. The molecule has 0 aromatic carbocycles. The second-order valence-corrected chi connectivity index (χ2v) is 3.06. The molecule has 1 N–H and O–H groups in total. The van der Waals surface area contributed by atoms with Gasteiger partial charge in [-0.2, -0.15) is 5.10 Å². The van der Waals surface area contributed by atoms with E-state index in [9.17, 15) is 0 Å². The normalized spacial score (nSPS) is 10.5. The third kappa shape index (κ3) is 3.05. The van der Waals surface area contributed by atoms with Crippen molar-refractivity contribution in [1.29, 1.82) is 0 Å². The number of hydrogen-bond acceptors (Lipinski definition) is 2. The summed E-state index contributed by atoms with van der Waals surface area (Å²) >= 11 is 0. The van der Waals surface area contributed by atoms with Crippen molar-refractivity contribution in [2.24, 2.45) is 7.05 Å². The second kappa shape index (κ2) is 4.93. The van der Waals surface area contributed by atoms with E-state index in [1.807, 2.05) is 24.1 Å². The zero-order valence-electron chi connectivity index (χ0n) is 7.53. The van der Waals surface area contributed by atoms with E-state index >= 15 is 0 Å². The monoisotopic (exact) mass is 168 g/mol. The van der Waals surface area contributed by atoms with Crippen LogP contribution in [0.2, 0.25) is 0 Å². The highest BCUT2D eigenvalue weighted by Gasteiger charge is 1.95. The maximum atomic E-state index is 8.55. The number of nitrogens with zero attached hydrogens (tertiary/aromatic N) is 2. The third-order valence-corrected chi connectivity index (χ3v) is 1.88. The van der Waals surface area contributed by atoms with Gasteiger partial charge in [-0.25, -0.2) is 0 Å². The van der Waals surface area contributed by atoms with Gasteiger partial charge in [0.15, 0.2) is 0 Å². The van der Waals surface area contributed by atoms with Gasteiger partial charge in [0.1, 0.15) is 0 Å². The Bertz CT molecular complexity index is 220. The van der Waals surface area contributed by atoms with Gasteiger partial charge in [-0.1, -0.05) is 6.42 Å². The van der Waals surface area contributed by atoms with E-state index in [0.717, 1.165) is 25.7 Å².